The number of halogens is 3. The minimum absolute atomic E-state index is 0.0449. The minimum atomic E-state index is -4.42. The van der Waals surface area contributed by atoms with Crippen molar-refractivity contribution in [3.8, 4) is 28.7 Å². The Kier molecular flexibility index (Phi) is 4.73. The highest BCUT2D eigenvalue weighted by Crippen LogP contribution is 2.34. The van der Waals surface area contributed by atoms with E-state index in [0.717, 1.165) is 16.6 Å². The summed E-state index contributed by atoms with van der Waals surface area (Å²) in [6, 6.07) is 5.50. The molecule has 152 valence electrons. The van der Waals surface area contributed by atoms with Crippen LogP contribution < -0.4 is 10.5 Å². The first-order valence-electron chi connectivity index (χ1n) is 8.87. The number of aryl methyl sites for hydroxylation is 1. The number of carbonyl (C=O) groups excluding carboxylic acids is 1. The molecule has 29 heavy (non-hydrogen) atoms. The van der Waals surface area contributed by atoms with Gasteiger partial charge >= 0.3 is 6.18 Å². The maximum absolute atomic E-state index is 12.8. The number of nitrogens with zero attached hydrogens (tertiary/aromatic N) is 5. The minimum Gasteiger partial charge on any atom is -0.491 e. The van der Waals surface area contributed by atoms with E-state index in [1.165, 1.54) is 0 Å². The van der Waals surface area contributed by atoms with Crippen LogP contribution in [0.5, 0.6) is 5.75 Å². The Balaban J connectivity index is 1.69. The summed E-state index contributed by atoms with van der Waals surface area (Å²) in [6.45, 7) is -0.404. The lowest BCUT2D eigenvalue weighted by molar-refractivity contribution is -0.142. The first-order chi connectivity index (χ1) is 13.8. The van der Waals surface area contributed by atoms with Gasteiger partial charge in [-0.15, -0.1) is 0 Å². The highest BCUT2D eigenvalue weighted by atomic mass is 19.4. The number of hydrogen-bond donors (Lipinski definition) is 1. The van der Waals surface area contributed by atoms with Crippen molar-refractivity contribution >= 4 is 5.91 Å². The van der Waals surface area contributed by atoms with Crippen LogP contribution in [-0.4, -0.2) is 43.0 Å². The lowest BCUT2D eigenvalue weighted by atomic mass is 10.1. The number of hydrogen-bond acceptors (Lipinski definition) is 5. The predicted octanol–water partition coefficient (Wildman–Crippen LogP) is 2.18. The number of primary amides is 1. The number of amides is 1. The SMILES string of the molecule is NC(=O)CCc1ccc2c(c1)OCCn1cc(-c3ncnn3CC(F)(F)F)nc1-2. The molecule has 0 unspecified atom stereocenters. The quantitative estimate of drug-likeness (QED) is 0.700. The van der Waals surface area contributed by atoms with Crippen LogP contribution in [0.2, 0.25) is 0 Å². The Morgan fingerprint density at radius 2 is 2.10 bits per heavy atom. The largest absolute Gasteiger partial charge is 0.491 e. The van der Waals surface area contributed by atoms with E-state index in [0.29, 0.717) is 42.4 Å². The molecule has 2 N–H and O–H groups in total. The number of alkyl halides is 3. The molecule has 3 heterocycles. The normalized spacial score (nSPS) is 13.3. The van der Waals surface area contributed by atoms with Crippen LogP contribution in [0, 0.1) is 0 Å². The molecule has 11 heteroatoms. The molecule has 1 aliphatic heterocycles. The standard InChI is InChI=1S/C18H17F3N6O2/c19-18(20,21)9-27-17(23-10-24-27)13-8-26-5-6-29-14-7-11(2-4-15(22)28)1-3-12(14)16(26)25-13/h1,3,7-8,10H,2,4-6,9H2,(H2,22,28). The predicted molar refractivity (Wildman–Crippen MR) is 95.7 cm³/mol. The summed E-state index contributed by atoms with van der Waals surface area (Å²) in [7, 11) is 0. The zero-order chi connectivity index (χ0) is 20.6. The number of fused-ring (bicyclic) bond motifs is 3. The van der Waals surface area contributed by atoms with E-state index in [9.17, 15) is 18.0 Å². The van der Waals surface area contributed by atoms with E-state index < -0.39 is 12.7 Å². The summed E-state index contributed by atoms with van der Waals surface area (Å²) in [5.41, 5.74) is 7.10. The number of rotatable bonds is 5. The summed E-state index contributed by atoms with van der Waals surface area (Å²) < 4.78 is 46.7. The Morgan fingerprint density at radius 3 is 2.86 bits per heavy atom. The van der Waals surface area contributed by atoms with Crippen molar-refractivity contribution in [2.75, 3.05) is 6.61 Å². The summed E-state index contributed by atoms with van der Waals surface area (Å²) in [5.74, 6) is 0.822. The van der Waals surface area contributed by atoms with Gasteiger partial charge in [0.1, 0.15) is 36.7 Å². The molecule has 1 aliphatic rings. The van der Waals surface area contributed by atoms with Gasteiger partial charge in [0.25, 0.3) is 0 Å². The van der Waals surface area contributed by atoms with Gasteiger partial charge in [-0.3, -0.25) is 4.79 Å². The van der Waals surface area contributed by atoms with Gasteiger partial charge in [-0.2, -0.15) is 18.3 Å². The molecule has 0 saturated carbocycles. The molecule has 0 atom stereocenters. The second kappa shape index (κ2) is 7.22. The van der Waals surface area contributed by atoms with Gasteiger partial charge in [0.2, 0.25) is 5.91 Å². The molecule has 0 fully saturated rings. The molecule has 3 aromatic rings. The molecule has 0 aliphatic carbocycles. The first kappa shape index (κ1) is 19.0. The van der Waals surface area contributed by atoms with Crippen LogP contribution in [0.15, 0.2) is 30.7 Å². The molecule has 0 spiro atoms. The Hall–Kier alpha value is -3.37. The zero-order valence-corrected chi connectivity index (χ0v) is 15.2. The summed E-state index contributed by atoms with van der Waals surface area (Å²) in [5, 5.41) is 3.67. The number of ether oxygens (including phenoxy) is 1. The number of nitrogens with two attached hydrogens (primary N) is 1. The van der Waals surface area contributed by atoms with Crippen LogP contribution in [0.3, 0.4) is 0 Å². The van der Waals surface area contributed by atoms with E-state index in [1.54, 1.807) is 6.20 Å². The fourth-order valence-corrected chi connectivity index (χ4v) is 3.21. The number of benzene rings is 1. The summed E-state index contributed by atoms with van der Waals surface area (Å²) in [6.07, 6.45) is -0.973. The zero-order valence-electron chi connectivity index (χ0n) is 15.2. The smallest absolute Gasteiger partial charge is 0.408 e. The van der Waals surface area contributed by atoms with Crippen LogP contribution in [-0.2, 0) is 24.3 Å². The van der Waals surface area contributed by atoms with E-state index in [4.69, 9.17) is 10.5 Å². The number of aromatic nitrogens is 5. The maximum atomic E-state index is 12.8. The van der Waals surface area contributed by atoms with Crippen LogP contribution in [0.1, 0.15) is 12.0 Å². The Labute approximate surface area is 163 Å². The summed E-state index contributed by atoms with van der Waals surface area (Å²) in [4.78, 5) is 19.5. The van der Waals surface area contributed by atoms with Gasteiger partial charge in [0.15, 0.2) is 5.82 Å². The third-order valence-electron chi connectivity index (χ3n) is 4.49. The van der Waals surface area contributed by atoms with Crippen molar-refractivity contribution < 1.29 is 22.7 Å². The lowest BCUT2D eigenvalue weighted by Gasteiger charge is -2.09. The molecule has 2 aromatic heterocycles. The molecule has 1 aromatic carbocycles. The summed E-state index contributed by atoms with van der Waals surface area (Å²) >= 11 is 0. The van der Waals surface area contributed by atoms with Gasteiger partial charge in [-0.05, 0) is 24.1 Å². The third-order valence-corrected chi connectivity index (χ3v) is 4.49. The first-order valence-corrected chi connectivity index (χ1v) is 8.87. The van der Waals surface area contributed by atoms with Crippen molar-refractivity contribution in [1.82, 2.24) is 24.3 Å². The van der Waals surface area contributed by atoms with Gasteiger partial charge in [-0.1, -0.05) is 6.07 Å². The fourth-order valence-electron chi connectivity index (χ4n) is 3.21. The maximum Gasteiger partial charge on any atom is 0.408 e. The van der Waals surface area contributed by atoms with Crippen LogP contribution in [0.4, 0.5) is 13.2 Å². The van der Waals surface area contributed by atoms with Crippen molar-refractivity contribution in [3.05, 3.63) is 36.3 Å². The molecule has 0 bridgehead atoms. The van der Waals surface area contributed by atoms with Crippen LogP contribution in [0.25, 0.3) is 22.9 Å². The molecular formula is C18H17F3N6O2. The molecule has 0 radical (unpaired) electrons. The average Bonchev–Trinajstić information content (AvgIpc) is 3.22. The van der Waals surface area contributed by atoms with Crippen molar-refractivity contribution in [2.24, 2.45) is 5.73 Å². The molecular weight excluding hydrogens is 389 g/mol. The lowest BCUT2D eigenvalue weighted by Crippen LogP contribution is -2.19. The average molecular weight is 406 g/mol. The monoisotopic (exact) mass is 406 g/mol. The third kappa shape index (κ3) is 4.08. The molecule has 1 amide bonds. The van der Waals surface area contributed by atoms with Gasteiger partial charge in [0.05, 0.1) is 12.1 Å². The Bertz CT molecular complexity index is 1060. The van der Waals surface area contributed by atoms with E-state index in [2.05, 4.69) is 15.1 Å². The van der Waals surface area contributed by atoms with Gasteiger partial charge < -0.3 is 15.0 Å². The molecule has 0 saturated heterocycles. The number of carbonyl (C=O) groups is 1. The van der Waals surface area contributed by atoms with E-state index in [-0.39, 0.29) is 18.2 Å². The second-order valence-corrected chi connectivity index (χ2v) is 6.64. The van der Waals surface area contributed by atoms with Gasteiger partial charge in [-0.25, -0.2) is 14.6 Å². The van der Waals surface area contributed by atoms with Crippen molar-refractivity contribution in [3.63, 3.8) is 0 Å². The Morgan fingerprint density at radius 1 is 1.28 bits per heavy atom. The van der Waals surface area contributed by atoms with E-state index in [1.807, 2.05) is 22.8 Å². The van der Waals surface area contributed by atoms with Gasteiger partial charge in [0, 0.05) is 12.6 Å². The topological polar surface area (TPSA) is 101 Å². The highest BCUT2D eigenvalue weighted by Gasteiger charge is 2.31. The fraction of sp³-hybridized carbons (Fsp3) is 0.333. The highest BCUT2D eigenvalue weighted by molar-refractivity contribution is 5.74. The van der Waals surface area contributed by atoms with Crippen molar-refractivity contribution in [1.29, 1.82) is 0 Å². The van der Waals surface area contributed by atoms with Crippen molar-refractivity contribution in [2.45, 2.75) is 32.1 Å². The molecule has 4 rings (SSSR count). The second-order valence-electron chi connectivity index (χ2n) is 6.64. The molecule has 8 nitrogen and oxygen atoms in total. The van der Waals surface area contributed by atoms with Crippen LogP contribution >= 0.6 is 0 Å². The number of imidazole rings is 1. The van der Waals surface area contributed by atoms with E-state index >= 15 is 0 Å².